The molecule has 2 aromatic carbocycles. The van der Waals surface area contributed by atoms with Crippen molar-refractivity contribution in [1.82, 2.24) is 0 Å². The van der Waals surface area contributed by atoms with Gasteiger partial charge in [-0.15, -0.1) is 0 Å². The molecular weight excluding hydrogens is 378 g/mol. The average molecular weight is 397 g/mol. The predicted molar refractivity (Wildman–Crippen MR) is 100 cm³/mol. The normalized spacial score (nSPS) is 10.6. The third-order valence-electron chi connectivity index (χ3n) is 3.63. The first-order valence-corrected chi connectivity index (χ1v) is 8.68. The number of hydrogen-bond acceptors (Lipinski definition) is 3. The van der Waals surface area contributed by atoms with Crippen molar-refractivity contribution in [3.63, 3.8) is 0 Å². The number of hydrogen-bond donors (Lipinski definition) is 2. The molecule has 2 aromatic rings. The van der Waals surface area contributed by atoms with Gasteiger partial charge in [0.15, 0.2) is 0 Å². The van der Waals surface area contributed by atoms with E-state index >= 15 is 0 Å². The molecule has 0 radical (unpaired) electrons. The van der Waals surface area contributed by atoms with Gasteiger partial charge in [-0.25, -0.2) is 0 Å². The summed E-state index contributed by atoms with van der Waals surface area (Å²) < 4.78 is 28.5. The Morgan fingerprint density at radius 1 is 1.07 bits per heavy atom. The van der Waals surface area contributed by atoms with Gasteiger partial charge >= 0.3 is 6.61 Å². The van der Waals surface area contributed by atoms with Crippen molar-refractivity contribution in [3.05, 3.63) is 53.1 Å². The molecule has 0 saturated heterocycles. The highest BCUT2D eigenvalue weighted by Crippen LogP contribution is 2.26. The van der Waals surface area contributed by atoms with E-state index < -0.39 is 6.61 Å². The second kappa shape index (κ2) is 9.87. The van der Waals surface area contributed by atoms with Gasteiger partial charge < -0.3 is 15.4 Å². The minimum absolute atomic E-state index is 0.0657. The van der Waals surface area contributed by atoms with Gasteiger partial charge in [0.25, 0.3) is 0 Å². The number of carbonyl (C=O) groups is 2. The zero-order valence-corrected chi connectivity index (χ0v) is 15.4. The molecule has 5 nitrogen and oxygen atoms in total. The maximum Gasteiger partial charge on any atom is 0.387 e. The summed E-state index contributed by atoms with van der Waals surface area (Å²) in [5.74, 6) is -0.339. The highest BCUT2D eigenvalue weighted by atomic mass is 35.5. The van der Waals surface area contributed by atoms with Gasteiger partial charge in [-0.1, -0.05) is 30.7 Å². The first kappa shape index (κ1) is 20.6. The second-order valence-corrected chi connectivity index (χ2v) is 6.07. The van der Waals surface area contributed by atoms with Crippen molar-refractivity contribution in [2.45, 2.75) is 32.8 Å². The SMILES string of the molecule is CCC(=O)Nc1ccc(Cl)c(NC(=O)CCc2ccc(OC(F)F)cc2)c1. The number of anilines is 2. The van der Waals surface area contributed by atoms with Crippen molar-refractivity contribution >= 4 is 34.8 Å². The van der Waals surface area contributed by atoms with Crippen LogP contribution in [-0.2, 0) is 16.0 Å². The van der Waals surface area contributed by atoms with Crippen LogP contribution in [0.4, 0.5) is 20.2 Å². The molecule has 0 aliphatic rings. The topological polar surface area (TPSA) is 67.4 Å². The number of amides is 2. The highest BCUT2D eigenvalue weighted by molar-refractivity contribution is 6.33. The van der Waals surface area contributed by atoms with Crippen LogP contribution in [0.5, 0.6) is 5.75 Å². The van der Waals surface area contributed by atoms with Crippen LogP contribution in [-0.4, -0.2) is 18.4 Å². The zero-order valence-electron chi connectivity index (χ0n) is 14.6. The van der Waals surface area contributed by atoms with Crippen LogP contribution in [0.2, 0.25) is 5.02 Å². The van der Waals surface area contributed by atoms with Crippen molar-refractivity contribution in [2.24, 2.45) is 0 Å². The van der Waals surface area contributed by atoms with Gasteiger partial charge in [-0.3, -0.25) is 9.59 Å². The van der Waals surface area contributed by atoms with E-state index in [2.05, 4.69) is 15.4 Å². The molecule has 0 spiro atoms. The Labute approximate surface area is 160 Å². The number of halogens is 3. The lowest BCUT2D eigenvalue weighted by atomic mass is 10.1. The molecule has 2 rings (SSSR count). The third kappa shape index (κ3) is 6.86. The van der Waals surface area contributed by atoms with E-state index in [9.17, 15) is 18.4 Å². The first-order chi connectivity index (χ1) is 12.9. The van der Waals surface area contributed by atoms with Gasteiger partial charge in [-0.05, 0) is 42.3 Å². The van der Waals surface area contributed by atoms with Gasteiger partial charge in [0.2, 0.25) is 11.8 Å². The Morgan fingerprint density at radius 3 is 2.41 bits per heavy atom. The molecule has 27 heavy (non-hydrogen) atoms. The van der Waals surface area contributed by atoms with Crippen LogP contribution in [0.3, 0.4) is 0 Å². The van der Waals surface area contributed by atoms with E-state index in [0.717, 1.165) is 5.56 Å². The van der Waals surface area contributed by atoms with E-state index in [4.69, 9.17) is 11.6 Å². The zero-order chi connectivity index (χ0) is 19.8. The first-order valence-electron chi connectivity index (χ1n) is 8.30. The third-order valence-corrected chi connectivity index (χ3v) is 3.96. The molecule has 2 N–H and O–H groups in total. The fourth-order valence-corrected chi connectivity index (χ4v) is 2.42. The Hall–Kier alpha value is -2.67. The molecule has 0 aliphatic carbocycles. The number of nitrogens with one attached hydrogen (secondary N) is 2. The molecular formula is C19H19ClF2N2O3. The largest absolute Gasteiger partial charge is 0.435 e. The molecule has 0 heterocycles. The maximum atomic E-state index is 12.2. The number of rotatable bonds is 8. The minimum atomic E-state index is -2.87. The van der Waals surface area contributed by atoms with Crippen LogP contribution in [0.1, 0.15) is 25.3 Å². The van der Waals surface area contributed by atoms with Crippen molar-refractivity contribution < 1.29 is 23.1 Å². The van der Waals surface area contributed by atoms with Gasteiger partial charge in [0.1, 0.15) is 5.75 Å². The van der Waals surface area contributed by atoms with Crippen LogP contribution >= 0.6 is 11.6 Å². The summed E-state index contributed by atoms with van der Waals surface area (Å²) in [7, 11) is 0. The number of alkyl halides is 2. The van der Waals surface area contributed by atoms with Crippen LogP contribution in [0.25, 0.3) is 0 Å². The Morgan fingerprint density at radius 2 is 1.78 bits per heavy atom. The van der Waals surface area contributed by atoms with Crippen molar-refractivity contribution in [1.29, 1.82) is 0 Å². The van der Waals surface area contributed by atoms with E-state index in [1.165, 1.54) is 12.1 Å². The van der Waals surface area contributed by atoms with E-state index in [1.54, 1.807) is 37.3 Å². The molecule has 0 aliphatic heterocycles. The Balaban J connectivity index is 1.91. The summed E-state index contributed by atoms with van der Waals surface area (Å²) in [6.07, 6.45) is 0.938. The van der Waals surface area contributed by atoms with Crippen LogP contribution in [0.15, 0.2) is 42.5 Å². The molecule has 2 amide bonds. The monoisotopic (exact) mass is 396 g/mol. The smallest absolute Gasteiger partial charge is 0.387 e. The summed E-state index contributed by atoms with van der Waals surface area (Å²) >= 11 is 6.08. The fourth-order valence-electron chi connectivity index (χ4n) is 2.26. The molecule has 0 saturated carbocycles. The Kier molecular flexibility index (Phi) is 7.55. The lowest BCUT2D eigenvalue weighted by Gasteiger charge is -2.10. The lowest BCUT2D eigenvalue weighted by Crippen LogP contribution is -2.14. The predicted octanol–water partition coefficient (Wildman–Crippen LogP) is 4.86. The minimum Gasteiger partial charge on any atom is -0.435 e. The van der Waals surface area contributed by atoms with E-state index in [-0.39, 0.29) is 24.0 Å². The maximum absolute atomic E-state index is 12.2. The molecule has 8 heteroatoms. The van der Waals surface area contributed by atoms with E-state index in [0.29, 0.717) is 29.2 Å². The quantitative estimate of drug-likeness (QED) is 0.669. The molecule has 0 unspecified atom stereocenters. The molecule has 0 bridgehead atoms. The average Bonchev–Trinajstić information content (AvgIpc) is 2.63. The van der Waals surface area contributed by atoms with Gasteiger partial charge in [0, 0.05) is 18.5 Å². The summed E-state index contributed by atoms with van der Waals surface area (Å²) in [5, 5.41) is 5.75. The number of carbonyl (C=O) groups excluding carboxylic acids is 2. The Bertz CT molecular complexity index is 798. The summed E-state index contributed by atoms with van der Waals surface area (Å²) in [6.45, 7) is -1.13. The molecule has 0 atom stereocenters. The summed E-state index contributed by atoms with van der Waals surface area (Å²) in [4.78, 5) is 23.6. The number of benzene rings is 2. The number of ether oxygens (including phenoxy) is 1. The molecule has 0 aromatic heterocycles. The summed E-state index contributed by atoms with van der Waals surface area (Å²) in [6, 6.07) is 10.9. The van der Waals surface area contributed by atoms with Crippen molar-refractivity contribution in [2.75, 3.05) is 10.6 Å². The fraction of sp³-hybridized carbons (Fsp3) is 0.263. The second-order valence-electron chi connectivity index (χ2n) is 5.67. The number of aryl methyl sites for hydroxylation is 1. The van der Waals surface area contributed by atoms with E-state index in [1.807, 2.05) is 0 Å². The molecule has 144 valence electrons. The van der Waals surface area contributed by atoms with Crippen LogP contribution < -0.4 is 15.4 Å². The molecule has 0 fully saturated rings. The lowest BCUT2D eigenvalue weighted by molar-refractivity contribution is -0.116. The standard InChI is InChI=1S/C19H19ClF2N2O3/c1-2-17(25)23-13-6-9-15(20)16(11-13)24-18(26)10-5-12-3-7-14(8-4-12)27-19(21)22/h3-4,6-9,11,19H,2,5,10H2,1H3,(H,23,25)(H,24,26). The summed E-state index contributed by atoms with van der Waals surface area (Å²) in [5.41, 5.74) is 1.74. The highest BCUT2D eigenvalue weighted by Gasteiger charge is 2.09. The van der Waals surface area contributed by atoms with Crippen molar-refractivity contribution in [3.8, 4) is 5.75 Å². The van der Waals surface area contributed by atoms with Crippen LogP contribution in [0, 0.1) is 0 Å². The van der Waals surface area contributed by atoms with Gasteiger partial charge in [-0.2, -0.15) is 8.78 Å². The van der Waals surface area contributed by atoms with Gasteiger partial charge in [0.05, 0.1) is 10.7 Å².